The van der Waals surface area contributed by atoms with Gasteiger partial charge >= 0.3 is 0 Å². The maximum atomic E-state index is 11.1. The molecule has 3 nitrogen and oxygen atoms in total. The van der Waals surface area contributed by atoms with Crippen LogP contribution in [0.4, 0.5) is 0 Å². The molecule has 1 unspecified atom stereocenters. The lowest BCUT2D eigenvalue weighted by molar-refractivity contribution is -0.909. The second kappa shape index (κ2) is 5.15. The predicted molar refractivity (Wildman–Crippen MR) is 68.4 cm³/mol. The average Bonchev–Trinajstić information content (AvgIpc) is 2.39. The quantitative estimate of drug-likeness (QED) is 0.769. The van der Waals surface area contributed by atoms with E-state index in [1.165, 1.54) is 16.0 Å². The fourth-order valence-electron chi connectivity index (χ4n) is 2.26. The molecule has 0 saturated heterocycles. The van der Waals surface area contributed by atoms with E-state index in [1.54, 1.807) is 0 Å². The summed E-state index contributed by atoms with van der Waals surface area (Å²) >= 11 is 0. The first kappa shape index (κ1) is 11.9. The van der Waals surface area contributed by atoms with Crippen molar-refractivity contribution in [3.8, 4) is 0 Å². The van der Waals surface area contributed by atoms with E-state index in [0.29, 0.717) is 0 Å². The zero-order valence-electron chi connectivity index (χ0n) is 10.1. The fraction of sp³-hybridized carbons (Fsp3) is 0.357. The van der Waals surface area contributed by atoms with Crippen molar-refractivity contribution in [3.05, 3.63) is 42.0 Å². The zero-order chi connectivity index (χ0) is 12.3. The van der Waals surface area contributed by atoms with Crippen LogP contribution in [0.25, 0.3) is 5.57 Å². The Morgan fingerprint density at radius 3 is 2.59 bits per heavy atom. The molecular weight excluding hydrogens is 212 g/mol. The molecule has 1 aromatic carbocycles. The third-order valence-electron chi connectivity index (χ3n) is 3.51. The van der Waals surface area contributed by atoms with E-state index in [4.69, 9.17) is 5.73 Å². The van der Waals surface area contributed by atoms with E-state index >= 15 is 0 Å². The van der Waals surface area contributed by atoms with Crippen molar-refractivity contribution in [2.75, 3.05) is 13.1 Å². The molecule has 0 saturated carbocycles. The van der Waals surface area contributed by atoms with E-state index in [2.05, 4.69) is 30.3 Å². The lowest BCUT2D eigenvalue weighted by Gasteiger charge is -2.27. The SMILES string of the molecule is C[C@H](C(N)=O)[NH+]1CC=C(c2ccccc2)CC1. The summed E-state index contributed by atoms with van der Waals surface area (Å²) in [4.78, 5) is 12.4. The number of amides is 1. The van der Waals surface area contributed by atoms with Crippen molar-refractivity contribution >= 4 is 11.5 Å². The van der Waals surface area contributed by atoms with Gasteiger partial charge < -0.3 is 10.6 Å². The highest BCUT2D eigenvalue weighted by molar-refractivity contribution is 5.78. The fourth-order valence-corrected chi connectivity index (χ4v) is 2.26. The molecule has 17 heavy (non-hydrogen) atoms. The first-order chi connectivity index (χ1) is 8.18. The van der Waals surface area contributed by atoms with Crippen molar-refractivity contribution in [1.82, 2.24) is 0 Å². The van der Waals surface area contributed by atoms with E-state index < -0.39 is 0 Å². The maximum Gasteiger partial charge on any atom is 0.275 e. The van der Waals surface area contributed by atoms with Gasteiger partial charge in [0.15, 0.2) is 6.04 Å². The summed E-state index contributed by atoms with van der Waals surface area (Å²) in [5.41, 5.74) is 8.00. The highest BCUT2D eigenvalue weighted by Gasteiger charge is 2.24. The molecule has 1 aromatic rings. The van der Waals surface area contributed by atoms with Gasteiger partial charge in [0, 0.05) is 6.42 Å². The Bertz CT molecular complexity index is 425. The van der Waals surface area contributed by atoms with Crippen molar-refractivity contribution < 1.29 is 9.69 Å². The molecule has 0 radical (unpaired) electrons. The molecule has 0 aliphatic carbocycles. The average molecular weight is 231 g/mol. The minimum absolute atomic E-state index is 0.0939. The van der Waals surface area contributed by atoms with Crippen LogP contribution in [0.3, 0.4) is 0 Å². The summed E-state index contributed by atoms with van der Waals surface area (Å²) in [6.07, 6.45) is 3.24. The van der Waals surface area contributed by atoms with Gasteiger partial charge in [-0.2, -0.15) is 0 Å². The largest absolute Gasteiger partial charge is 0.365 e. The Morgan fingerprint density at radius 2 is 2.06 bits per heavy atom. The molecular formula is C14H19N2O+. The van der Waals surface area contributed by atoms with Gasteiger partial charge in [-0.05, 0) is 24.1 Å². The summed E-state index contributed by atoms with van der Waals surface area (Å²) in [5, 5.41) is 0. The van der Waals surface area contributed by atoms with E-state index in [1.807, 2.05) is 13.0 Å². The summed E-state index contributed by atoms with van der Waals surface area (Å²) < 4.78 is 0. The highest BCUT2D eigenvalue weighted by atomic mass is 16.1. The second-order valence-corrected chi connectivity index (χ2v) is 4.58. The van der Waals surface area contributed by atoms with Crippen LogP contribution < -0.4 is 10.6 Å². The molecule has 90 valence electrons. The number of benzene rings is 1. The lowest BCUT2D eigenvalue weighted by atomic mass is 9.99. The molecule has 1 amide bonds. The van der Waals surface area contributed by atoms with Crippen LogP contribution >= 0.6 is 0 Å². The lowest BCUT2D eigenvalue weighted by Crippen LogP contribution is -3.17. The Labute approximate surface area is 102 Å². The number of primary amides is 1. The Morgan fingerprint density at radius 1 is 1.35 bits per heavy atom. The van der Waals surface area contributed by atoms with Gasteiger partial charge in [0.1, 0.15) is 0 Å². The van der Waals surface area contributed by atoms with Crippen molar-refractivity contribution in [3.63, 3.8) is 0 Å². The maximum absolute atomic E-state index is 11.1. The van der Waals surface area contributed by atoms with Crippen LogP contribution in [0.1, 0.15) is 18.9 Å². The van der Waals surface area contributed by atoms with Crippen LogP contribution in [0.2, 0.25) is 0 Å². The monoisotopic (exact) mass is 231 g/mol. The minimum atomic E-state index is -0.212. The molecule has 1 heterocycles. The standard InChI is InChI=1S/C14H18N2O/c1-11(14(15)17)16-9-7-13(8-10-16)12-5-3-2-4-6-12/h2-7,11H,8-10H2,1H3,(H2,15,17)/p+1/t11-/m1/s1. The first-order valence-electron chi connectivity index (χ1n) is 6.07. The molecule has 0 spiro atoms. The summed E-state index contributed by atoms with van der Waals surface area (Å²) in [7, 11) is 0. The van der Waals surface area contributed by atoms with E-state index in [-0.39, 0.29) is 11.9 Å². The molecule has 2 rings (SSSR count). The predicted octanol–water partition coefficient (Wildman–Crippen LogP) is 0.232. The summed E-state index contributed by atoms with van der Waals surface area (Å²) in [6.45, 7) is 3.76. The zero-order valence-corrected chi connectivity index (χ0v) is 10.1. The molecule has 3 heteroatoms. The van der Waals surface area contributed by atoms with Crippen molar-refractivity contribution in [1.29, 1.82) is 0 Å². The van der Waals surface area contributed by atoms with Crippen LogP contribution in [0, 0.1) is 0 Å². The van der Waals surface area contributed by atoms with Gasteiger partial charge in [0.25, 0.3) is 5.91 Å². The highest BCUT2D eigenvalue weighted by Crippen LogP contribution is 2.17. The van der Waals surface area contributed by atoms with Gasteiger partial charge in [-0.3, -0.25) is 4.79 Å². The van der Waals surface area contributed by atoms with Gasteiger partial charge in [0.05, 0.1) is 13.1 Å². The number of rotatable bonds is 3. The molecule has 1 aliphatic heterocycles. The molecule has 0 bridgehead atoms. The Kier molecular flexibility index (Phi) is 3.59. The number of nitrogens with one attached hydrogen (secondary N) is 1. The number of hydrogen-bond donors (Lipinski definition) is 2. The van der Waals surface area contributed by atoms with E-state index in [0.717, 1.165) is 19.5 Å². The topological polar surface area (TPSA) is 47.5 Å². The Balaban J connectivity index is 2.05. The molecule has 1 aliphatic rings. The molecule has 3 N–H and O–H groups in total. The third-order valence-corrected chi connectivity index (χ3v) is 3.51. The molecule has 2 atom stereocenters. The smallest absolute Gasteiger partial charge is 0.275 e. The number of nitrogens with two attached hydrogens (primary N) is 1. The number of quaternary nitrogens is 1. The van der Waals surface area contributed by atoms with Crippen LogP contribution in [0.5, 0.6) is 0 Å². The van der Waals surface area contributed by atoms with Gasteiger partial charge in [-0.15, -0.1) is 0 Å². The molecule has 0 aromatic heterocycles. The van der Waals surface area contributed by atoms with Gasteiger partial charge in [-0.25, -0.2) is 0 Å². The van der Waals surface area contributed by atoms with Crippen LogP contribution in [-0.2, 0) is 4.79 Å². The van der Waals surface area contributed by atoms with Crippen molar-refractivity contribution in [2.24, 2.45) is 5.73 Å². The summed E-state index contributed by atoms with van der Waals surface area (Å²) in [6, 6.07) is 10.3. The van der Waals surface area contributed by atoms with Gasteiger partial charge in [0.2, 0.25) is 0 Å². The normalized spacial score (nSPS) is 21.7. The van der Waals surface area contributed by atoms with Crippen LogP contribution in [-0.4, -0.2) is 25.0 Å². The van der Waals surface area contributed by atoms with Crippen molar-refractivity contribution in [2.45, 2.75) is 19.4 Å². The van der Waals surface area contributed by atoms with Crippen LogP contribution in [0.15, 0.2) is 36.4 Å². The number of hydrogen-bond acceptors (Lipinski definition) is 1. The molecule has 0 fully saturated rings. The summed E-state index contributed by atoms with van der Waals surface area (Å²) in [5.74, 6) is -0.212. The number of carbonyl (C=O) groups excluding carboxylic acids is 1. The number of carbonyl (C=O) groups is 1. The van der Waals surface area contributed by atoms with Gasteiger partial charge in [-0.1, -0.05) is 30.3 Å². The minimum Gasteiger partial charge on any atom is -0.365 e. The van der Waals surface area contributed by atoms with E-state index in [9.17, 15) is 4.79 Å². The third kappa shape index (κ3) is 2.74. The Hall–Kier alpha value is -1.61. The second-order valence-electron chi connectivity index (χ2n) is 4.58. The first-order valence-corrected chi connectivity index (χ1v) is 6.07.